The lowest BCUT2D eigenvalue weighted by atomic mass is 9.99. The van der Waals surface area contributed by atoms with Crippen LogP contribution < -0.4 is 4.31 Å². The lowest BCUT2D eigenvalue weighted by Crippen LogP contribution is -2.50. The fourth-order valence-corrected chi connectivity index (χ4v) is 4.98. The highest BCUT2D eigenvalue weighted by molar-refractivity contribution is 7.92. The molecule has 0 spiro atoms. The van der Waals surface area contributed by atoms with Crippen molar-refractivity contribution in [1.82, 2.24) is 4.90 Å². The molecule has 27 heavy (non-hydrogen) atoms. The third-order valence-electron chi connectivity index (χ3n) is 4.97. The number of carbonyl (C=O) groups excluding carboxylic acids is 1. The molecule has 0 saturated carbocycles. The fourth-order valence-electron chi connectivity index (χ4n) is 3.83. The molecule has 0 radical (unpaired) electrons. The number of sulfonamides is 1. The lowest BCUT2D eigenvalue weighted by Gasteiger charge is -2.35. The maximum atomic E-state index is 13.2. The first-order valence-electron chi connectivity index (χ1n) is 9.10. The van der Waals surface area contributed by atoms with E-state index in [9.17, 15) is 13.2 Å². The van der Waals surface area contributed by atoms with Crippen LogP contribution in [0.2, 0.25) is 0 Å². The number of hydrogen-bond acceptors (Lipinski definition) is 3. The summed E-state index contributed by atoms with van der Waals surface area (Å²) in [4.78, 5) is 14.9. The van der Waals surface area contributed by atoms with E-state index >= 15 is 0 Å². The van der Waals surface area contributed by atoms with Crippen molar-refractivity contribution in [2.24, 2.45) is 0 Å². The van der Waals surface area contributed by atoms with Gasteiger partial charge in [-0.05, 0) is 61.6 Å². The van der Waals surface area contributed by atoms with Crippen molar-refractivity contribution in [2.75, 3.05) is 17.1 Å². The van der Waals surface area contributed by atoms with Gasteiger partial charge < -0.3 is 4.90 Å². The molecule has 5 nitrogen and oxygen atoms in total. The van der Waals surface area contributed by atoms with Gasteiger partial charge in [-0.25, -0.2) is 8.42 Å². The Bertz CT molecular complexity index is 949. The van der Waals surface area contributed by atoms with E-state index in [1.54, 1.807) is 11.8 Å². The van der Waals surface area contributed by atoms with Crippen molar-refractivity contribution < 1.29 is 13.2 Å². The number of carbonyl (C=O) groups is 1. The average Bonchev–Trinajstić information content (AvgIpc) is 2.58. The number of hydrogen-bond donors (Lipinski definition) is 0. The minimum atomic E-state index is -3.61. The summed E-state index contributed by atoms with van der Waals surface area (Å²) in [5.41, 5.74) is 4.84. The zero-order valence-electron chi connectivity index (χ0n) is 16.3. The van der Waals surface area contributed by atoms with Gasteiger partial charge in [0.2, 0.25) is 15.9 Å². The monoisotopic (exact) mass is 386 g/mol. The highest BCUT2D eigenvalue weighted by atomic mass is 32.2. The van der Waals surface area contributed by atoms with Gasteiger partial charge in [-0.2, -0.15) is 0 Å². The second-order valence-corrected chi connectivity index (χ2v) is 9.22. The van der Waals surface area contributed by atoms with Crippen molar-refractivity contribution in [3.05, 3.63) is 64.7 Å². The van der Waals surface area contributed by atoms with Crippen molar-refractivity contribution in [3.63, 3.8) is 0 Å². The number of amides is 1. The number of benzene rings is 2. The Balaban J connectivity index is 1.91. The second-order valence-electron chi connectivity index (χ2n) is 7.36. The van der Waals surface area contributed by atoms with Crippen LogP contribution in [0.1, 0.15) is 29.2 Å². The molecule has 0 N–H and O–H groups in total. The maximum Gasteiger partial charge on any atom is 0.246 e. The molecular formula is C21H26N2O3S. The molecule has 6 heteroatoms. The van der Waals surface area contributed by atoms with Crippen LogP contribution in [-0.2, 0) is 27.8 Å². The molecule has 1 heterocycles. The van der Waals surface area contributed by atoms with Gasteiger partial charge in [0.15, 0.2) is 0 Å². The van der Waals surface area contributed by atoms with Gasteiger partial charge in [0.1, 0.15) is 6.04 Å². The molecule has 0 unspecified atom stereocenters. The van der Waals surface area contributed by atoms with Crippen LogP contribution >= 0.6 is 0 Å². The summed E-state index contributed by atoms with van der Waals surface area (Å²) >= 11 is 0. The van der Waals surface area contributed by atoms with E-state index in [2.05, 4.69) is 6.07 Å². The largest absolute Gasteiger partial charge is 0.336 e. The van der Waals surface area contributed by atoms with Gasteiger partial charge in [-0.15, -0.1) is 0 Å². The Morgan fingerprint density at radius 1 is 1.07 bits per heavy atom. The molecule has 0 bridgehead atoms. The molecule has 1 aliphatic rings. The number of rotatable bonds is 4. The van der Waals surface area contributed by atoms with E-state index in [1.807, 2.05) is 50.2 Å². The standard InChI is InChI=1S/C21H26N2O3S/c1-15-11-16(2)13-20(12-15)23(27(4,25)26)17(3)21(24)22-10-9-18-7-5-6-8-19(18)14-22/h5-8,11-13,17H,9-10,14H2,1-4H3/t17-/m1/s1. The summed E-state index contributed by atoms with van der Waals surface area (Å²) in [5.74, 6) is -0.172. The highest BCUT2D eigenvalue weighted by Gasteiger charge is 2.33. The Morgan fingerprint density at radius 3 is 2.26 bits per heavy atom. The third kappa shape index (κ3) is 4.16. The zero-order chi connectivity index (χ0) is 19.8. The number of nitrogens with zero attached hydrogens (tertiary/aromatic N) is 2. The van der Waals surface area contributed by atoms with Gasteiger partial charge in [0.05, 0.1) is 11.9 Å². The SMILES string of the molecule is Cc1cc(C)cc(N([C@H](C)C(=O)N2CCc3ccccc3C2)S(C)(=O)=O)c1. The molecule has 0 aromatic heterocycles. The van der Waals surface area contributed by atoms with E-state index in [-0.39, 0.29) is 5.91 Å². The molecule has 144 valence electrons. The van der Waals surface area contributed by atoms with Crippen molar-refractivity contribution in [2.45, 2.75) is 39.8 Å². The first-order valence-corrected chi connectivity index (χ1v) is 10.9. The maximum absolute atomic E-state index is 13.2. The minimum absolute atomic E-state index is 0.172. The van der Waals surface area contributed by atoms with E-state index in [0.29, 0.717) is 18.8 Å². The van der Waals surface area contributed by atoms with Gasteiger partial charge in [0, 0.05) is 13.1 Å². The highest BCUT2D eigenvalue weighted by Crippen LogP contribution is 2.26. The van der Waals surface area contributed by atoms with Crippen molar-refractivity contribution in [3.8, 4) is 0 Å². The van der Waals surface area contributed by atoms with Crippen LogP contribution in [0.25, 0.3) is 0 Å². The molecule has 0 saturated heterocycles. The molecule has 3 rings (SSSR count). The fraction of sp³-hybridized carbons (Fsp3) is 0.381. The summed E-state index contributed by atoms with van der Waals surface area (Å²) in [6.07, 6.45) is 1.94. The third-order valence-corrected chi connectivity index (χ3v) is 6.21. The molecule has 1 amide bonds. The van der Waals surface area contributed by atoms with Crippen molar-refractivity contribution >= 4 is 21.6 Å². The topological polar surface area (TPSA) is 57.7 Å². The molecule has 0 fully saturated rings. The van der Waals surface area contributed by atoms with Crippen molar-refractivity contribution in [1.29, 1.82) is 0 Å². The predicted molar refractivity (Wildman–Crippen MR) is 108 cm³/mol. The smallest absolute Gasteiger partial charge is 0.246 e. The van der Waals surface area contributed by atoms with E-state index in [1.165, 1.54) is 9.87 Å². The minimum Gasteiger partial charge on any atom is -0.336 e. The number of fused-ring (bicyclic) bond motifs is 1. The summed E-state index contributed by atoms with van der Waals surface area (Å²) in [6, 6.07) is 12.9. The van der Waals surface area contributed by atoms with E-state index in [0.717, 1.165) is 29.4 Å². The summed E-state index contributed by atoms with van der Waals surface area (Å²) in [7, 11) is -3.61. The van der Waals surface area contributed by atoms with E-state index in [4.69, 9.17) is 0 Å². The Kier molecular flexibility index (Phi) is 5.29. The van der Waals surface area contributed by atoms with Gasteiger partial charge >= 0.3 is 0 Å². The van der Waals surface area contributed by atoms with Crippen LogP contribution in [0.5, 0.6) is 0 Å². The van der Waals surface area contributed by atoms with Crippen LogP contribution in [0.15, 0.2) is 42.5 Å². The summed E-state index contributed by atoms with van der Waals surface area (Å²) < 4.78 is 26.3. The molecule has 1 aliphatic heterocycles. The van der Waals surface area contributed by atoms with Crippen LogP contribution in [-0.4, -0.2) is 38.1 Å². The quantitative estimate of drug-likeness (QED) is 0.812. The van der Waals surface area contributed by atoms with Gasteiger partial charge in [0.25, 0.3) is 0 Å². The molecule has 1 atom stereocenters. The van der Waals surface area contributed by atoms with Gasteiger partial charge in [-0.3, -0.25) is 9.10 Å². The van der Waals surface area contributed by atoms with Crippen LogP contribution in [0.4, 0.5) is 5.69 Å². The summed E-state index contributed by atoms with van der Waals surface area (Å²) in [6.45, 7) is 6.63. The zero-order valence-corrected chi connectivity index (χ0v) is 17.1. The first kappa shape index (κ1) is 19.4. The lowest BCUT2D eigenvalue weighted by molar-refractivity contribution is -0.132. The Labute approximate surface area is 161 Å². The molecule has 2 aromatic rings. The number of anilines is 1. The Hall–Kier alpha value is -2.34. The molecular weight excluding hydrogens is 360 g/mol. The normalized spacial score (nSPS) is 15.2. The average molecular weight is 387 g/mol. The number of aryl methyl sites for hydroxylation is 2. The Morgan fingerprint density at radius 2 is 1.67 bits per heavy atom. The summed E-state index contributed by atoms with van der Waals surface area (Å²) in [5, 5.41) is 0. The predicted octanol–water partition coefficient (Wildman–Crippen LogP) is 3.04. The molecule has 2 aromatic carbocycles. The van der Waals surface area contributed by atoms with Gasteiger partial charge in [-0.1, -0.05) is 30.3 Å². The second kappa shape index (κ2) is 7.35. The van der Waals surface area contributed by atoms with Crippen LogP contribution in [0, 0.1) is 13.8 Å². The first-order chi connectivity index (χ1) is 12.7. The van der Waals surface area contributed by atoms with E-state index < -0.39 is 16.1 Å². The van der Waals surface area contributed by atoms with Crippen LogP contribution in [0.3, 0.4) is 0 Å². The molecule has 0 aliphatic carbocycles.